The van der Waals surface area contributed by atoms with Crippen molar-refractivity contribution < 1.29 is 9.47 Å². The third-order valence-corrected chi connectivity index (χ3v) is 4.60. The lowest BCUT2D eigenvalue weighted by Crippen LogP contribution is -2.26. The van der Waals surface area contributed by atoms with Gasteiger partial charge in [0, 0.05) is 19.6 Å². The molecule has 1 aliphatic rings. The van der Waals surface area contributed by atoms with Gasteiger partial charge in [-0.05, 0) is 37.0 Å². The zero-order valence-electron chi connectivity index (χ0n) is 15.6. The maximum Gasteiger partial charge on any atom is 0.247 e. The summed E-state index contributed by atoms with van der Waals surface area (Å²) in [6.07, 6.45) is 7.49. The fraction of sp³-hybridized carbons (Fsp3) is 0.526. The van der Waals surface area contributed by atoms with Crippen molar-refractivity contribution in [1.82, 2.24) is 15.2 Å². The van der Waals surface area contributed by atoms with Crippen LogP contribution in [-0.4, -0.2) is 49.0 Å². The van der Waals surface area contributed by atoms with Crippen LogP contribution in [0, 0.1) is 0 Å². The van der Waals surface area contributed by atoms with E-state index in [1.165, 1.54) is 31.2 Å². The second-order valence-corrected chi connectivity index (χ2v) is 6.41. The van der Waals surface area contributed by atoms with Crippen LogP contribution in [0.2, 0.25) is 0 Å². The van der Waals surface area contributed by atoms with Crippen LogP contribution in [0.15, 0.2) is 24.4 Å². The van der Waals surface area contributed by atoms with Gasteiger partial charge in [0.15, 0.2) is 17.3 Å². The highest BCUT2D eigenvalue weighted by molar-refractivity contribution is 5.43. The summed E-state index contributed by atoms with van der Waals surface area (Å²) in [5.41, 5.74) is 1.17. The molecule has 1 fully saturated rings. The van der Waals surface area contributed by atoms with Gasteiger partial charge in [-0.25, -0.2) is 0 Å². The third-order valence-electron chi connectivity index (χ3n) is 4.60. The Morgan fingerprint density at radius 2 is 1.81 bits per heavy atom. The van der Waals surface area contributed by atoms with Crippen molar-refractivity contribution in [2.24, 2.45) is 0 Å². The Balaban J connectivity index is 1.57. The van der Waals surface area contributed by atoms with Crippen molar-refractivity contribution in [1.29, 1.82) is 0 Å². The van der Waals surface area contributed by atoms with E-state index >= 15 is 0 Å². The molecule has 0 saturated carbocycles. The van der Waals surface area contributed by atoms with Gasteiger partial charge >= 0.3 is 0 Å². The van der Waals surface area contributed by atoms with E-state index in [4.69, 9.17) is 9.47 Å². The minimum atomic E-state index is 0.725. The van der Waals surface area contributed by atoms with Crippen molar-refractivity contribution in [2.75, 3.05) is 44.1 Å². The van der Waals surface area contributed by atoms with E-state index in [0.717, 1.165) is 49.3 Å². The molecule has 0 spiro atoms. The molecule has 2 aromatic rings. The molecule has 3 rings (SSSR count). The predicted octanol–water partition coefficient (Wildman–Crippen LogP) is 2.92. The average Bonchev–Trinajstić information content (AvgIpc) is 2.97. The first kappa shape index (κ1) is 18.2. The predicted molar refractivity (Wildman–Crippen MR) is 102 cm³/mol. The van der Waals surface area contributed by atoms with E-state index < -0.39 is 0 Å². The molecule has 1 N–H and O–H groups in total. The summed E-state index contributed by atoms with van der Waals surface area (Å²) >= 11 is 0. The minimum Gasteiger partial charge on any atom is -0.493 e. The first-order valence-electron chi connectivity index (χ1n) is 9.19. The summed E-state index contributed by atoms with van der Waals surface area (Å²) in [4.78, 5) is 6.86. The maximum absolute atomic E-state index is 5.35. The molecule has 0 bridgehead atoms. The van der Waals surface area contributed by atoms with E-state index in [1.54, 1.807) is 20.4 Å². The molecule has 140 valence electrons. The number of anilines is 2. The van der Waals surface area contributed by atoms with Crippen LogP contribution in [0.4, 0.5) is 11.8 Å². The second-order valence-electron chi connectivity index (χ2n) is 6.41. The van der Waals surface area contributed by atoms with Crippen LogP contribution in [-0.2, 0) is 6.42 Å². The van der Waals surface area contributed by atoms with Crippen LogP contribution >= 0.6 is 0 Å². The molecule has 7 nitrogen and oxygen atoms in total. The molecule has 7 heteroatoms. The average molecular weight is 357 g/mol. The quantitative estimate of drug-likeness (QED) is 0.817. The summed E-state index contributed by atoms with van der Waals surface area (Å²) in [6.45, 7) is 2.78. The Bertz CT molecular complexity index is 702. The monoisotopic (exact) mass is 357 g/mol. The molecule has 0 aliphatic carbocycles. The summed E-state index contributed by atoms with van der Waals surface area (Å²) < 4.78 is 10.6. The topological polar surface area (TPSA) is 72.4 Å². The summed E-state index contributed by atoms with van der Waals surface area (Å²) in [6, 6.07) is 5.98. The fourth-order valence-electron chi connectivity index (χ4n) is 3.16. The van der Waals surface area contributed by atoms with Gasteiger partial charge in [0.05, 0.1) is 20.4 Å². The van der Waals surface area contributed by atoms with Crippen LogP contribution in [0.3, 0.4) is 0 Å². The Labute approximate surface area is 154 Å². The summed E-state index contributed by atoms with van der Waals surface area (Å²) in [5, 5.41) is 11.7. The Kier molecular flexibility index (Phi) is 6.46. The molecule has 26 heavy (non-hydrogen) atoms. The van der Waals surface area contributed by atoms with E-state index in [1.807, 2.05) is 18.2 Å². The van der Waals surface area contributed by atoms with E-state index in [0.29, 0.717) is 0 Å². The zero-order chi connectivity index (χ0) is 18.2. The molecule has 1 aromatic carbocycles. The van der Waals surface area contributed by atoms with Crippen molar-refractivity contribution in [2.45, 2.75) is 32.1 Å². The van der Waals surface area contributed by atoms with E-state index in [2.05, 4.69) is 25.4 Å². The molecule has 1 aromatic heterocycles. The maximum atomic E-state index is 5.35. The number of nitrogens with zero attached hydrogens (tertiary/aromatic N) is 4. The van der Waals surface area contributed by atoms with Gasteiger partial charge < -0.3 is 19.7 Å². The molecule has 0 unspecified atom stereocenters. The number of ether oxygens (including phenoxy) is 2. The van der Waals surface area contributed by atoms with Crippen molar-refractivity contribution in [3.63, 3.8) is 0 Å². The fourth-order valence-corrected chi connectivity index (χ4v) is 3.16. The minimum absolute atomic E-state index is 0.725. The molecule has 0 atom stereocenters. The Hall–Kier alpha value is -2.57. The number of hydrogen-bond acceptors (Lipinski definition) is 7. The van der Waals surface area contributed by atoms with Gasteiger partial charge in [0.2, 0.25) is 5.95 Å². The Morgan fingerprint density at radius 3 is 2.54 bits per heavy atom. The lowest BCUT2D eigenvalue weighted by Gasteiger charge is -2.19. The van der Waals surface area contributed by atoms with Gasteiger partial charge in [-0.15, -0.1) is 5.10 Å². The van der Waals surface area contributed by atoms with Gasteiger partial charge in [0.25, 0.3) is 0 Å². The first-order chi connectivity index (χ1) is 12.8. The SMILES string of the molecule is COc1ccc(CCNc2cnnc(N3CCCCCC3)n2)cc1OC. The Morgan fingerprint density at radius 1 is 1.04 bits per heavy atom. The number of rotatable bonds is 7. The van der Waals surface area contributed by atoms with Crippen LogP contribution in [0.1, 0.15) is 31.2 Å². The van der Waals surface area contributed by atoms with Crippen molar-refractivity contribution in [3.8, 4) is 11.5 Å². The van der Waals surface area contributed by atoms with E-state index in [9.17, 15) is 0 Å². The summed E-state index contributed by atoms with van der Waals surface area (Å²) in [5.74, 6) is 2.98. The molecule has 1 aliphatic heterocycles. The van der Waals surface area contributed by atoms with E-state index in [-0.39, 0.29) is 0 Å². The number of hydrogen-bond donors (Lipinski definition) is 1. The standard InChI is InChI=1S/C19H27N5O2/c1-25-16-8-7-15(13-17(16)26-2)9-10-20-18-14-21-23-19(22-18)24-11-5-3-4-6-12-24/h7-8,13-14H,3-6,9-12H2,1-2H3,(H,20,22,23). The van der Waals surface area contributed by atoms with Gasteiger partial charge in [0.1, 0.15) is 0 Å². The first-order valence-corrected chi connectivity index (χ1v) is 9.19. The molecule has 1 saturated heterocycles. The highest BCUT2D eigenvalue weighted by Gasteiger charge is 2.13. The lowest BCUT2D eigenvalue weighted by molar-refractivity contribution is 0.354. The largest absolute Gasteiger partial charge is 0.493 e. The van der Waals surface area contributed by atoms with Crippen LogP contribution < -0.4 is 19.7 Å². The number of methoxy groups -OCH3 is 2. The van der Waals surface area contributed by atoms with Crippen LogP contribution in [0.5, 0.6) is 11.5 Å². The molecular weight excluding hydrogens is 330 g/mol. The molecule has 0 radical (unpaired) electrons. The lowest BCUT2D eigenvalue weighted by atomic mass is 10.1. The zero-order valence-corrected chi connectivity index (χ0v) is 15.6. The van der Waals surface area contributed by atoms with Gasteiger partial charge in [-0.2, -0.15) is 10.1 Å². The molecule has 0 amide bonds. The second kappa shape index (κ2) is 9.22. The smallest absolute Gasteiger partial charge is 0.247 e. The number of benzene rings is 1. The highest BCUT2D eigenvalue weighted by Crippen LogP contribution is 2.27. The van der Waals surface area contributed by atoms with Crippen molar-refractivity contribution >= 4 is 11.8 Å². The summed E-state index contributed by atoms with van der Waals surface area (Å²) in [7, 11) is 3.29. The number of nitrogens with one attached hydrogen (secondary N) is 1. The van der Waals surface area contributed by atoms with Gasteiger partial charge in [-0.3, -0.25) is 0 Å². The van der Waals surface area contributed by atoms with Gasteiger partial charge in [-0.1, -0.05) is 18.9 Å². The van der Waals surface area contributed by atoms with Crippen molar-refractivity contribution in [3.05, 3.63) is 30.0 Å². The van der Waals surface area contributed by atoms with Crippen LogP contribution in [0.25, 0.3) is 0 Å². The number of aromatic nitrogens is 3. The highest BCUT2D eigenvalue weighted by atomic mass is 16.5. The normalized spacial score (nSPS) is 14.6. The molecular formula is C19H27N5O2. The third kappa shape index (κ3) is 4.74. The molecule has 2 heterocycles.